The Balaban J connectivity index is 2.46. The van der Waals surface area contributed by atoms with Crippen LogP contribution in [0.3, 0.4) is 0 Å². The van der Waals surface area contributed by atoms with E-state index in [-0.39, 0.29) is 17.5 Å². The van der Waals surface area contributed by atoms with E-state index < -0.39 is 0 Å². The minimum Gasteiger partial charge on any atom is -0.508 e. The number of nitrogens with one attached hydrogen (secondary N) is 1. The molecule has 1 rings (SSSR count). The summed E-state index contributed by atoms with van der Waals surface area (Å²) in [6.45, 7) is 3.89. The lowest BCUT2D eigenvalue weighted by Crippen LogP contribution is -2.23. The Morgan fingerprint density at radius 2 is 2.00 bits per heavy atom. The van der Waals surface area contributed by atoms with E-state index in [2.05, 4.69) is 10.2 Å². The van der Waals surface area contributed by atoms with Crippen LogP contribution < -0.4 is 5.32 Å². The molecule has 0 heterocycles. The van der Waals surface area contributed by atoms with Crippen molar-refractivity contribution in [1.82, 2.24) is 10.2 Å². The predicted octanol–water partition coefficient (Wildman–Crippen LogP) is 1.70. The van der Waals surface area contributed by atoms with Gasteiger partial charge in [-0.05, 0) is 58.7 Å². The molecule has 0 aliphatic rings. The first kappa shape index (κ1) is 13.8. The van der Waals surface area contributed by atoms with Crippen LogP contribution in [-0.4, -0.2) is 42.3 Å². The molecule has 4 nitrogen and oxygen atoms in total. The van der Waals surface area contributed by atoms with Crippen molar-refractivity contribution < 1.29 is 10.2 Å². The van der Waals surface area contributed by atoms with Crippen molar-refractivity contribution in [1.29, 1.82) is 0 Å². The SMILES string of the molecule is CC(NCCCN(C)C)c1cc(O)ccc1O. The first-order valence-corrected chi connectivity index (χ1v) is 5.90. The van der Waals surface area contributed by atoms with Gasteiger partial charge in [-0.1, -0.05) is 0 Å². The maximum atomic E-state index is 9.69. The van der Waals surface area contributed by atoms with Crippen molar-refractivity contribution >= 4 is 0 Å². The molecule has 4 heteroatoms. The van der Waals surface area contributed by atoms with E-state index in [4.69, 9.17) is 0 Å². The van der Waals surface area contributed by atoms with Gasteiger partial charge < -0.3 is 20.4 Å². The summed E-state index contributed by atoms with van der Waals surface area (Å²) in [5, 5.41) is 22.4. The molecule has 0 aliphatic carbocycles. The Kier molecular flexibility index (Phi) is 5.25. The summed E-state index contributed by atoms with van der Waals surface area (Å²) < 4.78 is 0. The van der Waals surface area contributed by atoms with Crippen molar-refractivity contribution in [2.24, 2.45) is 0 Å². The highest BCUT2D eigenvalue weighted by Gasteiger charge is 2.10. The molecular formula is C13H22N2O2. The monoisotopic (exact) mass is 238 g/mol. The number of nitrogens with zero attached hydrogens (tertiary/aromatic N) is 1. The Morgan fingerprint density at radius 3 is 2.65 bits per heavy atom. The molecule has 0 aromatic heterocycles. The van der Waals surface area contributed by atoms with E-state index >= 15 is 0 Å². The normalized spacial score (nSPS) is 12.9. The molecule has 1 aromatic rings. The molecule has 0 saturated carbocycles. The molecule has 0 saturated heterocycles. The van der Waals surface area contributed by atoms with Crippen molar-refractivity contribution in [3.8, 4) is 11.5 Å². The van der Waals surface area contributed by atoms with E-state index in [0.29, 0.717) is 0 Å². The minimum absolute atomic E-state index is 0.0317. The molecule has 0 amide bonds. The van der Waals surface area contributed by atoms with E-state index in [1.54, 1.807) is 6.07 Å². The van der Waals surface area contributed by atoms with Crippen LogP contribution >= 0.6 is 0 Å². The standard InChI is InChI=1S/C13H22N2O2/c1-10(14-7-4-8-15(2)3)12-9-11(16)5-6-13(12)17/h5-6,9-10,14,16-17H,4,7-8H2,1-3H3. The largest absolute Gasteiger partial charge is 0.508 e. The van der Waals surface area contributed by atoms with Crippen LogP contribution in [-0.2, 0) is 0 Å². The zero-order chi connectivity index (χ0) is 12.8. The number of hydrogen-bond donors (Lipinski definition) is 3. The first-order chi connectivity index (χ1) is 8.00. The molecular weight excluding hydrogens is 216 g/mol. The van der Waals surface area contributed by atoms with Gasteiger partial charge in [0, 0.05) is 11.6 Å². The topological polar surface area (TPSA) is 55.7 Å². The summed E-state index contributed by atoms with van der Waals surface area (Å²) in [5.41, 5.74) is 0.731. The lowest BCUT2D eigenvalue weighted by Gasteiger charge is -2.16. The molecule has 0 radical (unpaired) electrons. The Labute approximate surface area is 103 Å². The van der Waals surface area contributed by atoms with E-state index in [0.717, 1.165) is 25.1 Å². The van der Waals surface area contributed by atoms with Crippen molar-refractivity contribution in [2.75, 3.05) is 27.2 Å². The zero-order valence-corrected chi connectivity index (χ0v) is 10.8. The highest BCUT2D eigenvalue weighted by Crippen LogP contribution is 2.27. The number of aromatic hydroxyl groups is 2. The molecule has 0 fully saturated rings. The fraction of sp³-hybridized carbons (Fsp3) is 0.538. The second kappa shape index (κ2) is 6.47. The average molecular weight is 238 g/mol. The predicted molar refractivity (Wildman–Crippen MR) is 69.4 cm³/mol. The number of phenols is 2. The molecule has 1 aromatic carbocycles. The fourth-order valence-corrected chi connectivity index (χ4v) is 1.71. The van der Waals surface area contributed by atoms with Crippen LogP contribution in [0.4, 0.5) is 0 Å². The van der Waals surface area contributed by atoms with Gasteiger partial charge in [0.1, 0.15) is 11.5 Å². The Bertz CT molecular complexity index is 353. The molecule has 1 unspecified atom stereocenters. The van der Waals surface area contributed by atoms with Crippen LogP contribution in [0.15, 0.2) is 18.2 Å². The quantitative estimate of drug-likeness (QED) is 0.521. The maximum absolute atomic E-state index is 9.69. The van der Waals surface area contributed by atoms with Gasteiger partial charge in [0.05, 0.1) is 0 Å². The van der Waals surface area contributed by atoms with Crippen molar-refractivity contribution in [2.45, 2.75) is 19.4 Å². The van der Waals surface area contributed by atoms with Crippen LogP contribution in [0.5, 0.6) is 11.5 Å². The minimum atomic E-state index is 0.0317. The number of phenolic OH excluding ortho intramolecular Hbond substituents is 2. The second-order valence-electron chi connectivity index (χ2n) is 4.58. The van der Waals surface area contributed by atoms with Crippen LogP contribution in [0.1, 0.15) is 24.9 Å². The smallest absolute Gasteiger partial charge is 0.120 e. The molecule has 1 atom stereocenters. The third kappa shape index (κ3) is 4.63. The molecule has 3 N–H and O–H groups in total. The van der Waals surface area contributed by atoms with Crippen molar-refractivity contribution in [3.05, 3.63) is 23.8 Å². The van der Waals surface area contributed by atoms with Gasteiger partial charge in [-0.3, -0.25) is 0 Å². The van der Waals surface area contributed by atoms with E-state index in [9.17, 15) is 10.2 Å². The highest BCUT2D eigenvalue weighted by atomic mass is 16.3. The average Bonchev–Trinajstić information content (AvgIpc) is 2.27. The summed E-state index contributed by atoms with van der Waals surface area (Å²) in [5.74, 6) is 0.398. The lowest BCUT2D eigenvalue weighted by molar-refractivity contribution is 0.386. The summed E-state index contributed by atoms with van der Waals surface area (Å²) in [7, 11) is 4.09. The van der Waals surface area contributed by atoms with Crippen molar-refractivity contribution in [3.63, 3.8) is 0 Å². The molecule has 96 valence electrons. The van der Waals surface area contributed by atoms with Gasteiger partial charge >= 0.3 is 0 Å². The second-order valence-corrected chi connectivity index (χ2v) is 4.58. The van der Waals surface area contributed by atoms with Gasteiger partial charge in [0.15, 0.2) is 0 Å². The van der Waals surface area contributed by atoms with Crippen LogP contribution in [0.25, 0.3) is 0 Å². The maximum Gasteiger partial charge on any atom is 0.120 e. The summed E-state index contributed by atoms with van der Waals surface area (Å²) >= 11 is 0. The lowest BCUT2D eigenvalue weighted by atomic mass is 10.1. The Hall–Kier alpha value is -1.26. The van der Waals surface area contributed by atoms with Gasteiger partial charge in [0.25, 0.3) is 0 Å². The Morgan fingerprint density at radius 1 is 1.29 bits per heavy atom. The summed E-state index contributed by atoms with van der Waals surface area (Å²) in [4.78, 5) is 2.14. The molecule has 0 bridgehead atoms. The summed E-state index contributed by atoms with van der Waals surface area (Å²) in [6.07, 6.45) is 1.05. The van der Waals surface area contributed by atoms with E-state index in [1.807, 2.05) is 21.0 Å². The van der Waals surface area contributed by atoms with Gasteiger partial charge in [0.2, 0.25) is 0 Å². The molecule has 17 heavy (non-hydrogen) atoms. The van der Waals surface area contributed by atoms with Crippen LogP contribution in [0, 0.1) is 0 Å². The van der Waals surface area contributed by atoms with Gasteiger partial charge in [-0.2, -0.15) is 0 Å². The number of rotatable bonds is 6. The third-order valence-electron chi connectivity index (χ3n) is 2.71. The number of hydrogen-bond acceptors (Lipinski definition) is 4. The third-order valence-corrected chi connectivity index (χ3v) is 2.71. The van der Waals surface area contributed by atoms with Crippen LogP contribution in [0.2, 0.25) is 0 Å². The van der Waals surface area contributed by atoms with Gasteiger partial charge in [-0.25, -0.2) is 0 Å². The first-order valence-electron chi connectivity index (χ1n) is 5.90. The molecule has 0 spiro atoms. The highest BCUT2D eigenvalue weighted by molar-refractivity contribution is 5.40. The fourth-order valence-electron chi connectivity index (χ4n) is 1.71. The number of benzene rings is 1. The van der Waals surface area contributed by atoms with E-state index in [1.165, 1.54) is 12.1 Å². The molecule has 0 aliphatic heterocycles. The summed E-state index contributed by atoms with van der Waals surface area (Å²) in [6, 6.07) is 4.63. The zero-order valence-electron chi connectivity index (χ0n) is 10.8. The van der Waals surface area contributed by atoms with Gasteiger partial charge in [-0.15, -0.1) is 0 Å².